The van der Waals surface area contributed by atoms with Gasteiger partial charge in [0.15, 0.2) is 5.60 Å². The molecule has 4 aromatic rings. The van der Waals surface area contributed by atoms with Gasteiger partial charge >= 0.3 is 0 Å². The first-order valence-electron chi connectivity index (χ1n) is 13.4. The molecule has 1 aliphatic carbocycles. The Morgan fingerprint density at radius 3 is 2.50 bits per heavy atom. The summed E-state index contributed by atoms with van der Waals surface area (Å²) in [6.07, 6.45) is 9.70. The molecular weight excluding hydrogens is 541 g/mol. The van der Waals surface area contributed by atoms with E-state index in [1.165, 1.54) is 0 Å². The molecule has 1 aliphatic heterocycles. The molecule has 7 heteroatoms. The van der Waals surface area contributed by atoms with Crippen LogP contribution in [0.2, 0.25) is 10.0 Å². The summed E-state index contributed by atoms with van der Waals surface area (Å²) in [4.78, 5) is 19.3. The fraction of sp³-hybridized carbons (Fsp3) is 0.212. The second-order valence-corrected chi connectivity index (χ2v) is 11.3. The first-order valence-corrected chi connectivity index (χ1v) is 14.2. The third-order valence-corrected chi connectivity index (χ3v) is 8.06. The monoisotopic (exact) mass is 569 g/mol. The Bertz CT molecular complexity index is 1660. The number of aromatic nitrogens is 1. The Hall–Kier alpha value is -3.64. The largest absolute Gasteiger partial charge is 0.375 e. The molecule has 40 heavy (non-hydrogen) atoms. The number of pyridine rings is 1. The lowest BCUT2D eigenvalue weighted by Gasteiger charge is -2.36. The van der Waals surface area contributed by atoms with E-state index in [0.29, 0.717) is 32.5 Å². The van der Waals surface area contributed by atoms with Crippen molar-refractivity contribution in [3.05, 3.63) is 118 Å². The van der Waals surface area contributed by atoms with Crippen molar-refractivity contribution in [1.29, 1.82) is 0 Å². The van der Waals surface area contributed by atoms with Gasteiger partial charge in [-0.2, -0.15) is 0 Å². The van der Waals surface area contributed by atoms with E-state index < -0.39 is 5.60 Å². The van der Waals surface area contributed by atoms with Gasteiger partial charge in [0.05, 0.1) is 11.2 Å². The first kappa shape index (κ1) is 26.6. The fourth-order valence-corrected chi connectivity index (χ4v) is 5.63. The van der Waals surface area contributed by atoms with Crippen LogP contribution in [0.25, 0.3) is 22.0 Å². The second kappa shape index (κ2) is 10.7. The minimum Gasteiger partial charge on any atom is -0.375 e. The third kappa shape index (κ3) is 5.13. The molecule has 1 atom stereocenters. The maximum atomic E-state index is 12.7. The van der Waals surface area contributed by atoms with Crippen molar-refractivity contribution >= 4 is 45.8 Å². The summed E-state index contributed by atoms with van der Waals surface area (Å²) in [6.45, 7) is 0. The number of hydrogen-bond acceptors (Lipinski definition) is 4. The van der Waals surface area contributed by atoms with Crippen molar-refractivity contribution in [3.8, 4) is 11.1 Å². The molecule has 1 aromatic heterocycles. The molecule has 3 aromatic carbocycles. The number of nitrogens with zero attached hydrogens (tertiary/aromatic N) is 2. The van der Waals surface area contributed by atoms with Crippen LogP contribution in [0.1, 0.15) is 36.8 Å². The molecule has 0 bridgehead atoms. The van der Waals surface area contributed by atoms with Crippen LogP contribution >= 0.6 is 23.2 Å². The molecule has 202 valence electrons. The van der Waals surface area contributed by atoms with Crippen LogP contribution in [-0.4, -0.2) is 27.9 Å². The highest BCUT2D eigenvalue weighted by Gasteiger charge is 2.38. The number of likely N-dealkylation sites (N-methyl/N-ethyl adjacent to an activating group) is 1. The number of benzene rings is 3. The summed E-state index contributed by atoms with van der Waals surface area (Å²) in [5, 5.41) is 17.7. The molecule has 0 radical (unpaired) electrons. The predicted octanol–water partition coefficient (Wildman–Crippen LogP) is 7.92. The summed E-state index contributed by atoms with van der Waals surface area (Å²) in [5.74, 6) is 0.549. The van der Waals surface area contributed by atoms with Gasteiger partial charge in [0.25, 0.3) is 0 Å². The van der Waals surface area contributed by atoms with E-state index in [4.69, 9.17) is 28.2 Å². The Balaban J connectivity index is 1.57. The minimum atomic E-state index is -1.47. The van der Waals surface area contributed by atoms with Gasteiger partial charge in [-0.1, -0.05) is 65.7 Å². The molecule has 1 amide bonds. The summed E-state index contributed by atoms with van der Waals surface area (Å²) < 4.78 is 0. The number of carbonyl (C=O) groups is 1. The van der Waals surface area contributed by atoms with Crippen molar-refractivity contribution in [2.24, 2.45) is 5.92 Å². The Labute approximate surface area is 243 Å². The van der Waals surface area contributed by atoms with Crippen LogP contribution < -0.4 is 5.32 Å². The van der Waals surface area contributed by atoms with Crippen LogP contribution in [0.4, 0.5) is 5.82 Å². The predicted molar refractivity (Wildman–Crippen MR) is 162 cm³/mol. The van der Waals surface area contributed by atoms with Crippen LogP contribution in [0.15, 0.2) is 96.8 Å². The van der Waals surface area contributed by atoms with Gasteiger partial charge in [-0.25, -0.2) is 4.98 Å². The molecule has 6 rings (SSSR count). The van der Waals surface area contributed by atoms with Crippen LogP contribution in [0, 0.1) is 5.92 Å². The van der Waals surface area contributed by atoms with Gasteiger partial charge in [0, 0.05) is 28.4 Å². The van der Waals surface area contributed by atoms with E-state index >= 15 is 0 Å². The van der Waals surface area contributed by atoms with E-state index in [-0.39, 0.29) is 11.8 Å². The van der Waals surface area contributed by atoms with Gasteiger partial charge in [-0.05, 0) is 96.6 Å². The lowest BCUT2D eigenvalue weighted by Crippen LogP contribution is -2.36. The quantitative estimate of drug-likeness (QED) is 0.247. The highest BCUT2D eigenvalue weighted by molar-refractivity contribution is 6.31. The van der Waals surface area contributed by atoms with Crippen molar-refractivity contribution in [3.63, 3.8) is 0 Å². The van der Waals surface area contributed by atoms with E-state index in [0.717, 1.165) is 47.9 Å². The molecule has 2 heterocycles. The number of allylic oxidation sites excluding steroid dienone is 2. The summed E-state index contributed by atoms with van der Waals surface area (Å²) in [7, 11) is 1.95. The Kier molecular flexibility index (Phi) is 7.13. The molecular formula is C33H29Cl2N3O2. The summed E-state index contributed by atoms with van der Waals surface area (Å²) in [5.41, 5.74) is 3.14. The molecule has 0 saturated heterocycles. The zero-order chi connectivity index (χ0) is 27.9. The smallest absolute Gasteiger partial charge is 0.228 e. The number of fused-ring (bicyclic) bond motifs is 1. The van der Waals surface area contributed by atoms with Crippen LogP contribution in [-0.2, 0) is 10.4 Å². The lowest BCUT2D eigenvalue weighted by atomic mass is 9.81. The number of rotatable bonds is 6. The SMILES string of the molecule is CN1C=CCCC=C1C(O)(c1ccc(Cl)cc1)c1ccc2nc(NC(=O)C3CC3)cc(-c3cccc(Cl)c3)c2c1. The third-order valence-electron chi connectivity index (χ3n) is 7.57. The zero-order valence-electron chi connectivity index (χ0n) is 22.1. The summed E-state index contributed by atoms with van der Waals surface area (Å²) in [6, 6.07) is 22.6. The molecule has 1 unspecified atom stereocenters. The van der Waals surface area contributed by atoms with Gasteiger partial charge in [-0.3, -0.25) is 4.79 Å². The van der Waals surface area contributed by atoms with Crippen molar-refractivity contribution in [1.82, 2.24) is 9.88 Å². The number of aliphatic hydroxyl groups is 1. The highest BCUT2D eigenvalue weighted by Crippen LogP contribution is 2.42. The van der Waals surface area contributed by atoms with E-state index in [9.17, 15) is 9.90 Å². The Morgan fingerprint density at radius 1 is 0.975 bits per heavy atom. The fourth-order valence-electron chi connectivity index (χ4n) is 5.31. The van der Waals surface area contributed by atoms with Gasteiger partial charge < -0.3 is 15.3 Å². The van der Waals surface area contributed by atoms with Crippen LogP contribution in [0.3, 0.4) is 0 Å². The number of carbonyl (C=O) groups excluding carboxylic acids is 1. The molecule has 2 aliphatic rings. The highest BCUT2D eigenvalue weighted by atomic mass is 35.5. The lowest BCUT2D eigenvalue weighted by molar-refractivity contribution is -0.117. The first-order chi connectivity index (χ1) is 19.3. The zero-order valence-corrected chi connectivity index (χ0v) is 23.6. The van der Waals surface area contributed by atoms with Crippen molar-refractivity contribution in [2.75, 3.05) is 12.4 Å². The van der Waals surface area contributed by atoms with Crippen molar-refractivity contribution < 1.29 is 9.90 Å². The Morgan fingerprint density at radius 2 is 1.75 bits per heavy atom. The molecule has 1 saturated carbocycles. The molecule has 5 nitrogen and oxygen atoms in total. The molecule has 2 N–H and O–H groups in total. The van der Waals surface area contributed by atoms with Crippen LogP contribution in [0.5, 0.6) is 0 Å². The van der Waals surface area contributed by atoms with Gasteiger partial charge in [0.1, 0.15) is 5.82 Å². The molecule has 0 spiro atoms. The number of hydrogen-bond donors (Lipinski definition) is 2. The van der Waals surface area contributed by atoms with E-state index in [1.807, 2.05) is 78.8 Å². The minimum absolute atomic E-state index is 0.00554. The van der Waals surface area contributed by atoms with E-state index in [1.54, 1.807) is 12.1 Å². The average Bonchev–Trinajstić information content (AvgIpc) is 3.81. The molecule has 1 fully saturated rings. The maximum Gasteiger partial charge on any atom is 0.228 e. The summed E-state index contributed by atoms with van der Waals surface area (Å²) >= 11 is 12.6. The number of anilines is 1. The topological polar surface area (TPSA) is 65.5 Å². The average molecular weight is 571 g/mol. The standard InChI is InChI=1S/C33H29Cl2N3O2/c1-38-17-4-2-3-8-30(38)33(40,23-11-14-25(34)15-12-23)24-13-16-29-28(19-24)27(22-6-5-7-26(35)18-22)20-31(36-29)37-32(39)21-9-10-21/h4-8,11-21,40H,2-3,9-10H2,1H3,(H,36,37,39). The number of halogens is 2. The number of amides is 1. The second-order valence-electron chi connectivity index (χ2n) is 10.4. The maximum absolute atomic E-state index is 12.7. The van der Waals surface area contributed by atoms with E-state index in [2.05, 4.69) is 17.5 Å². The van der Waals surface area contributed by atoms with Gasteiger partial charge in [0.2, 0.25) is 5.91 Å². The number of nitrogens with one attached hydrogen (secondary N) is 1. The van der Waals surface area contributed by atoms with Gasteiger partial charge in [-0.15, -0.1) is 0 Å². The van der Waals surface area contributed by atoms with Crippen molar-refractivity contribution in [2.45, 2.75) is 31.3 Å². The normalized spacial score (nSPS) is 16.8.